The highest BCUT2D eigenvalue weighted by Gasteiger charge is 2.18. The van der Waals surface area contributed by atoms with Crippen molar-refractivity contribution in [1.29, 1.82) is 0 Å². The zero-order chi connectivity index (χ0) is 15.4. The molecule has 0 bridgehead atoms. The van der Waals surface area contributed by atoms with Crippen LogP contribution in [0.2, 0.25) is 10.0 Å². The second kappa shape index (κ2) is 7.41. The van der Waals surface area contributed by atoms with Crippen molar-refractivity contribution in [2.45, 2.75) is 23.1 Å². The van der Waals surface area contributed by atoms with Gasteiger partial charge in [0.05, 0.1) is 17.2 Å². The first-order valence-corrected chi connectivity index (χ1v) is 8.16. The van der Waals surface area contributed by atoms with E-state index in [0.717, 1.165) is 16.2 Å². The molecule has 2 aromatic carbocycles. The van der Waals surface area contributed by atoms with E-state index in [1.54, 1.807) is 24.9 Å². The van der Waals surface area contributed by atoms with Crippen LogP contribution in [-0.2, 0) is 0 Å². The van der Waals surface area contributed by atoms with Gasteiger partial charge < -0.3 is 10.5 Å². The molecule has 2 rings (SSSR count). The minimum Gasteiger partial charge on any atom is -0.497 e. The zero-order valence-electron chi connectivity index (χ0n) is 11.8. The molecule has 5 heteroatoms. The lowest BCUT2D eigenvalue weighted by molar-refractivity contribution is 0.414. The second-order valence-electron chi connectivity index (χ2n) is 4.75. The molecule has 0 aliphatic heterocycles. The van der Waals surface area contributed by atoms with E-state index in [1.165, 1.54) is 0 Å². The number of thioether (sulfide) groups is 1. The Morgan fingerprint density at radius 2 is 1.71 bits per heavy atom. The summed E-state index contributed by atoms with van der Waals surface area (Å²) in [5, 5.41) is 1.25. The minimum absolute atomic E-state index is 0.00199. The van der Waals surface area contributed by atoms with Gasteiger partial charge in [0.2, 0.25) is 0 Å². The van der Waals surface area contributed by atoms with Crippen molar-refractivity contribution >= 4 is 35.0 Å². The van der Waals surface area contributed by atoms with E-state index in [2.05, 4.69) is 0 Å². The lowest BCUT2D eigenvalue weighted by atomic mass is 10.1. The van der Waals surface area contributed by atoms with Gasteiger partial charge in [-0.3, -0.25) is 0 Å². The van der Waals surface area contributed by atoms with Crippen LogP contribution in [-0.4, -0.2) is 13.2 Å². The highest BCUT2D eigenvalue weighted by atomic mass is 35.5. The third-order valence-corrected chi connectivity index (χ3v) is 5.30. The van der Waals surface area contributed by atoms with Gasteiger partial charge in [-0.05, 0) is 42.8 Å². The predicted octanol–water partition coefficient (Wildman–Crippen LogP) is 5.18. The normalized spacial score (nSPS) is 13.8. The minimum atomic E-state index is -0.00199. The van der Waals surface area contributed by atoms with Gasteiger partial charge in [0, 0.05) is 16.2 Å². The Hall–Kier alpha value is -0.870. The molecular formula is C16H17Cl2NOS. The summed E-state index contributed by atoms with van der Waals surface area (Å²) in [4.78, 5) is 1.04. The first-order valence-electron chi connectivity index (χ1n) is 6.52. The molecule has 2 aromatic rings. The Morgan fingerprint density at radius 3 is 2.24 bits per heavy atom. The van der Waals surface area contributed by atoms with Gasteiger partial charge in [0.15, 0.2) is 0 Å². The first-order chi connectivity index (χ1) is 10.0. The lowest BCUT2D eigenvalue weighted by Gasteiger charge is -2.21. The van der Waals surface area contributed by atoms with E-state index in [9.17, 15) is 0 Å². The van der Waals surface area contributed by atoms with Gasteiger partial charge in [0.1, 0.15) is 5.75 Å². The van der Waals surface area contributed by atoms with Crippen molar-refractivity contribution in [2.75, 3.05) is 7.11 Å². The van der Waals surface area contributed by atoms with Gasteiger partial charge in [-0.2, -0.15) is 0 Å². The topological polar surface area (TPSA) is 35.2 Å². The lowest BCUT2D eigenvalue weighted by Crippen LogP contribution is -2.22. The Morgan fingerprint density at radius 1 is 1.05 bits per heavy atom. The van der Waals surface area contributed by atoms with Crippen LogP contribution in [0.1, 0.15) is 17.7 Å². The molecule has 0 aliphatic rings. The maximum absolute atomic E-state index is 6.14. The molecule has 0 heterocycles. The maximum atomic E-state index is 6.14. The summed E-state index contributed by atoms with van der Waals surface area (Å²) in [6.45, 7) is 2.00. The monoisotopic (exact) mass is 341 g/mol. The van der Waals surface area contributed by atoms with Crippen LogP contribution in [0.3, 0.4) is 0 Å². The Bertz CT molecular complexity index is 602. The molecule has 0 radical (unpaired) electrons. The molecular weight excluding hydrogens is 325 g/mol. The van der Waals surface area contributed by atoms with E-state index in [4.69, 9.17) is 33.7 Å². The molecule has 0 spiro atoms. The summed E-state index contributed by atoms with van der Waals surface area (Å²) in [5.74, 6) is 0.835. The van der Waals surface area contributed by atoms with Crippen molar-refractivity contribution in [3.63, 3.8) is 0 Å². The molecule has 2 nitrogen and oxygen atoms in total. The van der Waals surface area contributed by atoms with Crippen LogP contribution in [0.5, 0.6) is 5.75 Å². The van der Waals surface area contributed by atoms with Gasteiger partial charge in [-0.25, -0.2) is 0 Å². The standard InChI is InChI=1S/C16H17Cl2NOS/c1-10(19)16(11-3-5-12(20-2)6-4-11)21-13-7-8-14(17)15(18)9-13/h3-10,16H,19H2,1-2H3. The third-order valence-electron chi connectivity index (χ3n) is 3.08. The molecule has 2 atom stereocenters. The summed E-state index contributed by atoms with van der Waals surface area (Å²) in [5.41, 5.74) is 7.30. The van der Waals surface area contributed by atoms with E-state index in [-0.39, 0.29) is 11.3 Å². The average Bonchev–Trinajstić information content (AvgIpc) is 2.48. The molecule has 112 valence electrons. The molecule has 0 saturated heterocycles. The van der Waals surface area contributed by atoms with Crippen molar-refractivity contribution in [3.05, 3.63) is 58.1 Å². The predicted molar refractivity (Wildman–Crippen MR) is 91.7 cm³/mol. The summed E-state index contributed by atoms with van der Waals surface area (Å²) in [7, 11) is 1.66. The number of halogens is 2. The Balaban J connectivity index is 2.23. The molecule has 21 heavy (non-hydrogen) atoms. The molecule has 2 unspecified atom stereocenters. The molecule has 0 amide bonds. The first kappa shape index (κ1) is 16.5. The SMILES string of the molecule is COc1ccc(C(Sc2ccc(Cl)c(Cl)c2)C(C)N)cc1. The number of hydrogen-bond donors (Lipinski definition) is 1. The average molecular weight is 342 g/mol. The van der Waals surface area contributed by atoms with Gasteiger partial charge in [0.25, 0.3) is 0 Å². The molecule has 0 aromatic heterocycles. The summed E-state index contributed by atoms with van der Waals surface area (Å²) in [6.07, 6.45) is 0. The van der Waals surface area contributed by atoms with Crippen LogP contribution in [0.4, 0.5) is 0 Å². The quantitative estimate of drug-likeness (QED) is 0.760. The fourth-order valence-electron chi connectivity index (χ4n) is 1.97. The Labute approximate surface area is 139 Å². The van der Waals surface area contributed by atoms with E-state index < -0.39 is 0 Å². The van der Waals surface area contributed by atoms with Crippen LogP contribution >= 0.6 is 35.0 Å². The van der Waals surface area contributed by atoms with Crippen LogP contribution in [0.15, 0.2) is 47.4 Å². The molecule has 0 saturated carbocycles. The number of nitrogens with two attached hydrogens (primary N) is 1. The summed E-state index contributed by atoms with van der Waals surface area (Å²) >= 11 is 13.7. The second-order valence-corrected chi connectivity index (χ2v) is 6.78. The number of rotatable bonds is 5. The van der Waals surface area contributed by atoms with E-state index >= 15 is 0 Å². The van der Waals surface area contributed by atoms with Gasteiger partial charge >= 0.3 is 0 Å². The highest BCUT2D eigenvalue weighted by molar-refractivity contribution is 7.99. The third kappa shape index (κ3) is 4.30. The maximum Gasteiger partial charge on any atom is 0.118 e. The van der Waals surface area contributed by atoms with Crippen molar-refractivity contribution in [2.24, 2.45) is 5.73 Å². The number of hydrogen-bond acceptors (Lipinski definition) is 3. The number of ether oxygens (including phenoxy) is 1. The smallest absolute Gasteiger partial charge is 0.118 e. The molecule has 0 aliphatic carbocycles. The van der Waals surface area contributed by atoms with E-state index in [0.29, 0.717) is 10.0 Å². The number of methoxy groups -OCH3 is 1. The fraction of sp³-hybridized carbons (Fsp3) is 0.250. The van der Waals surface area contributed by atoms with Crippen LogP contribution in [0, 0.1) is 0 Å². The largest absolute Gasteiger partial charge is 0.497 e. The zero-order valence-corrected chi connectivity index (χ0v) is 14.2. The van der Waals surface area contributed by atoms with E-state index in [1.807, 2.05) is 43.3 Å². The van der Waals surface area contributed by atoms with Gasteiger partial charge in [-0.15, -0.1) is 11.8 Å². The van der Waals surface area contributed by atoms with Crippen molar-refractivity contribution < 1.29 is 4.74 Å². The van der Waals surface area contributed by atoms with Crippen LogP contribution < -0.4 is 10.5 Å². The van der Waals surface area contributed by atoms with Gasteiger partial charge in [-0.1, -0.05) is 35.3 Å². The fourth-order valence-corrected chi connectivity index (χ4v) is 3.47. The van der Waals surface area contributed by atoms with Crippen molar-refractivity contribution in [1.82, 2.24) is 0 Å². The summed E-state index contributed by atoms with van der Waals surface area (Å²) in [6, 6.07) is 13.6. The Kier molecular flexibility index (Phi) is 5.82. The summed E-state index contributed by atoms with van der Waals surface area (Å²) < 4.78 is 5.19. The van der Waals surface area contributed by atoms with Crippen molar-refractivity contribution in [3.8, 4) is 5.75 Å². The molecule has 2 N–H and O–H groups in total. The van der Waals surface area contributed by atoms with Crippen LogP contribution in [0.25, 0.3) is 0 Å². The molecule has 0 fully saturated rings. The highest BCUT2D eigenvalue weighted by Crippen LogP contribution is 2.39. The number of benzene rings is 2.